The third-order valence-corrected chi connectivity index (χ3v) is 7.91. The maximum atomic E-state index is 12.1. The first-order chi connectivity index (χ1) is 20.0. The summed E-state index contributed by atoms with van der Waals surface area (Å²) in [5.74, 6) is 0.853. The lowest BCUT2D eigenvalue weighted by molar-refractivity contribution is -0.903. The van der Waals surface area contributed by atoms with Gasteiger partial charge in [0, 0.05) is 12.0 Å². The molecule has 0 atom stereocenters. The average molecular weight is 567 g/mol. The molecule has 0 unspecified atom stereocenters. The van der Waals surface area contributed by atoms with Gasteiger partial charge in [0.05, 0.1) is 33.9 Å². The maximum Gasteiger partial charge on any atom is 0.305 e. The van der Waals surface area contributed by atoms with Gasteiger partial charge in [-0.2, -0.15) is 0 Å². The Labute approximate surface area is 252 Å². The van der Waals surface area contributed by atoms with Crippen LogP contribution in [0.5, 0.6) is 5.75 Å². The number of ether oxygens (including phenoxy) is 2. The highest BCUT2D eigenvalue weighted by Gasteiger charge is 2.15. The quantitative estimate of drug-likeness (QED) is 0.0682. The largest absolute Gasteiger partial charge is 0.494 e. The fourth-order valence-electron chi connectivity index (χ4n) is 5.36. The molecule has 2 aromatic carbocycles. The Kier molecular flexibility index (Phi) is 19.0. The van der Waals surface area contributed by atoms with Crippen LogP contribution < -0.4 is 4.74 Å². The van der Waals surface area contributed by atoms with Gasteiger partial charge < -0.3 is 14.0 Å². The van der Waals surface area contributed by atoms with Crippen molar-refractivity contribution in [2.75, 3.05) is 33.9 Å². The molecule has 0 heterocycles. The minimum absolute atomic E-state index is 0.0762. The van der Waals surface area contributed by atoms with Crippen LogP contribution in [0.4, 0.5) is 0 Å². The van der Waals surface area contributed by atoms with Crippen LogP contribution in [0.2, 0.25) is 0 Å². The molecule has 0 spiro atoms. The van der Waals surface area contributed by atoms with Gasteiger partial charge in [0.1, 0.15) is 12.3 Å². The molecule has 2 aromatic rings. The molecule has 0 N–H and O–H groups in total. The Bertz CT molecular complexity index is 894. The number of aryl methyl sites for hydroxylation is 1. The number of carbonyl (C=O) groups excluding carboxylic acids is 1. The molecule has 0 aliphatic rings. The van der Waals surface area contributed by atoms with Gasteiger partial charge >= 0.3 is 5.97 Å². The van der Waals surface area contributed by atoms with Crippen molar-refractivity contribution in [2.45, 2.75) is 123 Å². The molecule has 0 saturated heterocycles. The van der Waals surface area contributed by atoms with Crippen molar-refractivity contribution in [3.05, 3.63) is 65.7 Å². The van der Waals surface area contributed by atoms with Gasteiger partial charge in [0.25, 0.3) is 0 Å². The number of nitrogens with zero attached hydrogens (tertiary/aromatic N) is 1. The third kappa shape index (κ3) is 18.7. The van der Waals surface area contributed by atoms with Gasteiger partial charge in [0.15, 0.2) is 0 Å². The monoisotopic (exact) mass is 566 g/mol. The van der Waals surface area contributed by atoms with Crippen LogP contribution in [0.25, 0.3) is 0 Å². The van der Waals surface area contributed by atoms with E-state index < -0.39 is 0 Å². The van der Waals surface area contributed by atoms with Gasteiger partial charge in [0.2, 0.25) is 0 Å². The predicted molar refractivity (Wildman–Crippen MR) is 173 cm³/mol. The second kappa shape index (κ2) is 22.3. The van der Waals surface area contributed by atoms with E-state index in [2.05, 4.69) is 75.6 Å². The number of unbranched alkanes of at least 4 members (excludes halogenated alkanes) is 12. The number of hydrogen-bond acceptors (Lipinski definition) is 3. The molecule has 41 heavy (non-hydrogen) atoms. The van der Waals surface area contributed by atoms with E-state index in [1.54, 1.807) is 0 Å². The minimum atomic E-state index is -0.0762. The summed E-state index contributed by atoms with van der Waals surface area (Å²) in [6.45, 7) is 5.49. The van der Waals surface area contributed by atoms with Crippen molar-refractivity contribution < 1.29 is 18.8 Å². The molecule has 0 bridgehead atoms. The standard InChI is InChI=1S/C37H60NO3/c1-4-5-6-7-8-9-10-11-12-13-15-22-34-26-28-36(29-27-34)40-31-20-21-32-41-37(39)25-18-19-30-38(2,3)33-35-23-16-14-17-24-35/h14,16-17,23-24,26-29H,4-13,15,18-22,25,30-33H2,1-3H3/q+1. The van der Waals surface area contributed by atoms with Gasteiger partial charge in [-0.3, -0.25) is 4.79 Å². The molecule has 0 aliphatic heterocycles. The Morgan fingerprint density at radius 2 is 1.24 bits per heavy atom. The van der Waals surface area contributed by atoms with E-state index in [9.17, 15) is 4.79 Å². The van der Waals surface area contributed by atoms with Crippen molar-refractivity contribution in [1.82, 2.24) is 0 Å². The van der Waals surface area contributed by atoms with E-state index in [1.807, 2.05) is 0 Å². The normalized spacial score (nSPS) is 11.5. The van der Waals surface area contributed by atoms with Crippen molar-refractivity contribution in [3.63, 3.8) is 0 Å². The van der Waals surface area contributed by atoms with E-state index in [-0.39, 0.29) is 5.97 Å². The zero-order chi connectivity index (χ0) is 29.4. The Morgan fingerprint density at radius 3 is 1.90 bits per heavy atom. The number of quaternary nitrogens is 1. The molecule has 0 radical (unpaired) electrons. The first-order valence-electron chi connectivity index (χ1n) is 16.7. The third-order valence-electron chi connectivity index (χ3n) is 7.91. The van der Waals surface area contributed by atoms with Crippen molar-refractivity contribution in [3.8, 4) is 5.75 Å². The summed E-state index contributed by atoms with van der Waals surface area (Å²) in [6.07, 6.45) is 20.5. The SMILES string of the molecule is CCCCCCCCCCCCCc1ccc(OCCCCOC(=O)CCCC[N+](C)(C)Cc2ccccc2)cc1. The molecule has 230 valence electrons. The molecular formula is C37H60NO3+. The van der Waals surface area contributed by atoms with E-state index in [4.69, 9.17) is 9.47 Å². The highest BCUT2D eigenvalue weighted by atomic mass is 16.5. The zero-order valence-corrected chi connectivity index (χ0v) is 26.7. The highest BCUT2D eigenvalue weighted by molar-refractivity contribution is 5.69. The van der Waals surface area contributed by atoms with E-state index in [0.29, 0.717) is 19.6 Å². The lowest BCUT2D eigenvalue weighted by atomic mass is 10.0. The van der Waals surface area contributed by atoms with E-state index >= 15 is 0 Å². The number of esters is 1. The fraction of sp³-hybridized carbons (Fsp3) is 0.649. The van der Waals surface area contributed by atoms with Crippen LogP contribution in [0, 0.1) is 0 Å². The first kappa shape index (κ1) is 34.9. The molecule has 0 amide bonds. The molecular weight excluding hydrogens is 506 g/mol. The number of carbonyl (C=O) groups is 1. The van der Waals surface area contributed by atoms with Crippen molar-refractivity contribution >= 4 is 5.97 Å². The predicted octanol–water partition coefficient (Wildman–Crippen LogP) is 9.69. The summed E-state index contributed by atoms with van der Waals surface area (Å²) in [5, 5.41) is 0. The number of hydrogen-bond donors (Lipinski definition) is 0. The second-order valence-corrected chi connectivity index (χ2v) is 12.5. The van der Waals surface area contributed by atoms with Gasteiger partial charge in [-0.05, 0) is 56.2 Å². The maximum absolute atomic E-state index is 12.1. The smallest absolute Gasteiger partial charge is 0.305 e. The van der Waals surface area contributed by atoms with Crippen molar-refractivity contribution in [1.29, 1.82) is 0 Å². The lowest BCUT2D eigenvalue weighted by Crippen LogP contribution is -2.39. The van der Waals surface area contributed by atoms with Gasteiger partial charge in [-0.1, -0.05) is 114 Å². The topological polar surface area (TPSA) is 35.5 Å². The number of rotatable bonds is 25. The molecule has 4 nitrogen and oxygen atoms in total. The summed E-state index contributed by atoms with van der Waals surface area (Å²) in [7, 11) is 4.50. The summed E-state index contributed by atoms with van der Waals surface area (Å²) < 4.78 is 12.3. The van der Waals surface area contributed by atoms with Gasteiger partial charge in [-0.15, -0.1) is 0 Å². The Balaban J connectivity index is 1.40. The van der Waals surface area contributed by atoms with Crippen LogP contribution in [-0.4, -0.2) is 44.3 Å². The summed E-state index contributed by atoms with van der Waals surface area (Å²) >= 11 is 0. The molecule has 0 saturated carbocycles. The first-order valence-corrected chi connectivity index (χ1v) is 16.7. The molecule has 4 heteroatoms. The van der Waals surface area contributed by atoms with Crippen LogP contribution >= 0.6 is 0 Å². The summed E-state index contributed by atoms with van der Waals surface area (Å²) in [5.41, 5.74) is 2.76. The van der Waals surface area contributed by atoms with E-state index in [1.165, 1.54) is 81.8 Å². The number of benzene rings is 2. The Hall–Kier alpha value is -2.33. The average Bonchev–Trinajstić information content (AvgIpc) is 2.97. The second-order valence-electron chi connectivity index (χ2n) is 12.5. The molecule has 2 rings (SSSR count). The zero-order valence-electron chi connectivity index (χ0n) is 26.7. The summed E-state index contributed by atoms with van der Waals surface area (Å²) in [6, 6.07) is 19.2. The van der Waals surface area contributed by atoms with Crippen LogP contribution in [0.15, 0.2) is 54.6 Å². The molecule has 0 fully saturated rings. The molecule has 0 aromatic heterocycles. The van der Waals surface area contributed by atoms with E-state index in [0.717, 1.165) is 55.4 Å². The van der Waals surface area contributed by atoms with Gasteiger partial charge in [-0.25, -0.2) is 0 Å². The summed E-state index contributed by atoms with van der Waals surface area (Å²) in [4.78, 5) is 12.1. The van der Waals surface area contributed by atoms with Crippen LogP contribution in [0.3, 0.4) is 0 Å². The van der Waals surface area contributed by atoms with Crippen molar-refractivity contribution in [2.24, 2.45) is 0 Å². The van der Waals surface area contributed by atoms with Crippen LogP contribution in [-0.2, 0) is 22.5 Å². The Morgan fingerprint density at radius 1 is 0.634 bits per heavy atom. The lowest BCUT2D eigenvalue weighted by Gasteiger charge is -2.30. The highest BCUT2D eigenvalue weighted by Crippen LogP contribution is 2.17. The molecule has 0 aliphatic carbocycles. The fourth-order valence-corrected chi connectivity index (χ4v) is 5.36. The minimum Gasteiger partial charge on any atom is -0.494 e. The van der Waals surface area contributed by atoms with Crippen LogP contribution in [0.1, 0.15) is 121 Å².